The smallest absolute Gasteiger partial charge is 0.421 e. The second kappa shape index (κ2) is 7.66. The van der Waals surface area contributed by atoms with E-state index in [0.717, 1.165) is 0 Å². The number of amides is 1. The zero-order chi connectivity index (χ0) is 20.2. The molecule has 0 atom stereocenters. The molecule has 0 saturated carbocycles. The highest BCUT2D eigenvalue weighted by molar-refractivity contribution is 5.85. The monoisotopic (exact) mass is 384 g/mol. The van der Waals surface area contributed by atoms with Crippen LogP contribution in [0.1, 0.15) is 26.3 Å². The molecule has 0 spiro atoms. The lowest BCUT2D eigenvalue weighted by Gasteiger charge is -2.20. The summed E-state index contributed by atoms with van der Waals surface area (Å²) in [6.07, 6.45) is -4.73. The van der Waals surface area contributed by atoms with E-state index in [4.69, 9.17) is 10.6 Å². The maximum Gasteiger partial charge on any atom is 0.421 e. The van der Waals surface area contributed by atoms with Crippen LogP contribution in [0.25, 0.3) is 0 Å². The third-order valence-corrected chi connectivity index (χ3v) is 2.99. The average Bonchev–Trinajstić information content (AvgIpc) is 2.52. The van der Waals surface area contributed by atoms with E-state index in [0.29, 0.717) is 11.9 Å². The van der Waals surface area contributed by atoms with Crippen LogP contribution in [0.3, 0.4) is 0 Å². The lowest BCUT2D eigenvalue weighted by molar-refractivity contribution is -0.137. The fourth-order valence-corrected chi connectivity index (χ4v) is 1.99. The molecule has 0 aliphatic heterocycles. The highest BCUT2D eigenvalue weighted by Gasteiger charge is 2.35. The van der Waals surface area contributed by atoms with Crippen molar-refractivity contribution in [1.82, 2.24) is 9.97 Å². The number of nitrogens with one attached hydrogen (secondary N) is 3. The number of rotatable bonds is 4. The van der Waals surface area contributed by atoms with Gasteiger partial charge in [0.05, 0.1) is 0 Å². The first-order valence-electron chi connectivity index (χ1n) is 7.76. The zero-order valence-electron chi connectivity index (χ0n) is 14.8. The third-order valence-electron chi connectivity index (χ3n) is 2.99. The van der Waals surface area contributed by atoms with Crippen LogP contribution < -0.4 is 21.9 Å². The van der Waals surface area contributed by atoms with Crippen molar-refractivity contribution in [3.05, 3.63) is 36.0 Å². The zero-order valence-corrected chi connectivity index (χ0v) is 14.8. The number of halogens is 3. The van der Waals surface area contributed by atoms with E-state index in [1.165, 1.54) is 12.1 Å². The molecule has 0 aliphatic rings. The molecule has 1 aromatic carbocycles. The van der Waals surface area contributed by atoms with Crippen LogP contribution in [-0.2, 0) is 10.9 Å². The number of carbonyl (C=O) groups excluding carboxylic acids is 1. The normalized spacial score (nSPS) is 11.7. The summed E-state index contributed by atoms with van der Waals surface area (Å²) in [7, 11) is 0. The van der Waals surface area contributed by atoms with Gasteiger partial charge in [-0.1, -0.05) is 6.07 Å². The van der Waals surface area contributed by atoms with Gasteiger partial charge in [0.2, 0.25) is 5.95 Å². The van der Waals surface area contributed by atoms with Gasteiger partial charge in [-0.3, -0.25) is 10.7 Å². The van der Waals surface area contributed by atoms with Gasteiger partial charge in [-0.05, 0) is 39.0 Å². The first-order valence-corrected chi connectivity index (χ1v) is 7.76. The van der Waals surface area contributed by atoms with Crippen molar-refractivity contribution in [2.45, 2.75) is 32.5 Å². The maximum atomic E-state index is 13.2. The number of hydrogen-bond acceptors (Lipinski definition) is 7. The maximum absolute atomic E-state index is 13.2. The van der Waals surface area contributed by atoms with Gasteiger partial charge in [0.25, 0.3) is 0 Å². The van der Waals surface area contributed by atoms with Gasteiger partial charge in [0.15, 0.2) is 0 Å². The minimum Gasteiger partial charge on any atom is -0.444 e. The van der Waals surface area contributed by atoms with Crippen LogP contribution in [0.4, 0.5) is 41.1 Å². The standard InChI is InChI=1S/C16H19F3N6O2/c1-15(2,3)27-14(26)23-10-6-4-5-9(7-10)22-12-11(16(17,18)19)8-21-13(24-12)25-20/h4-8H,20H2,1-3H3,(H,23,26)(H2,21,22,24,25). The number of benzene rings is 1. The summed E-state index contributed by atoms with van der Waals surface area (Å²) in [6, 6.07) is 6.05. The molecule has 0 aliphatic carbocycles. The van der Waals surface area contributed by atoms with Crippen molar-refractivity contribution >= 4 is 29.2 Å². The van der Waals surface area contributed by atoms with Crippen molar-refractivity contribution in [2.75, 3.05) is 16.1 Å². The van der Waals surface area contributed by atoms with E-state index in [1.807, 2.05) is 0 Å². The summed E-state index contributed by atoms with van der Waals surface area (Å²) in [6.45, 7) is 5.13. The Balaban J connectivity index is 2.25. The van der Waals surface area contributed by atoms with Crippen LogP contribution in [0.15, 0.2) is 30.5 Å². The molecule has 0 unspecified atom stereocenters. The predicted molar refractivity (Wildman–Crippen MR) is 94.4 cm³/mol. The quantitative estimate of drug-likeness (QED) is 0.467. The summed E-state index contributed by atoms with van der Waals surface area (Å²) in [4.78, 5) is 19.0. The molecule has 1 aromatic heterocycles. The number of hydrazine groups is 1. The summed E-state index contributed by atoms with van der Waals surface area (Å²) < 4.78 is 44.6. The largest absolute Gasteiger partial charge is 0.444 e. The Morgan fingerprint density at radius 3 is 2.44 bits per heavy atom. The number of nitrogen functional groups attached to an aromatic ring is 1. The third kappa shape index (κ3) is 5.99. The summed E-state index contributed by atoms with van der Waals surface area (Å²) in [5, 5.41) is 5.06. The summed E-state index contributed by atoms with van der Waals surface area (Å²) >= 11 is 0. The first-order chi connectivity index (χ1) is 12.5. The molecule has 0 fully saturated rings. The fraction of sp³-hybridized carbons (Fsp3) is 0.312. The van der Waals surface area contributed by atoms with Gasteiger partial charge in [-0.2, -0.15) is 18.2 Å². The Bertz CT molecular complexity index is 821. The van der Waals surface area contributed by atoms with Crippen molar-refractivity contribution < 1.29 is 22.7 Å². The molecular weight excluding hydrogens is 365 g/mol. The highest BCUT2D eigenvalue weighted by atomic mass is 19.4. The minimum atomic E-state index is -4.66. The topological polar surface area (TPSA) is 114 Å². The minimum absolute atomic E-state index is 0.187. The van der Waals surface area contributed by atoms with E-state index in [9.17, 15) is 18.0 Å². The number of anilines is 4. The number of ether oxygens (including phenoxy) is 1. The predicted octanol–water partition coefficient (Wildman–Crippen LogP) is 3.87. The first kappa shape index (κ1) is 20.2. The molecule has 1 heterocycles. The number of nitrogens with zero attached hydrogens (tertiary/aromatic N) is 2. The lowest BCUT2D eigenvalue weighted by atomic mass is 10.2. The van der Waals surface area contributed by atoms with E-state index in [2.05, 4.69) is 26.0 Å². The van der Waals surface area contributed by atoms with Crippen LogP contribution in [0.5, 0.6) is 0 Å². The van der Waals surface area contributed by atoms with Crippen molar-refractivity contribution in [3.8, 4) is 0 Å². The second-order valence-corrected chi connectivity index (χ2v) is 6.43. The number of carbonyl (C=O) groups is 1. The molecule has 2 aromatic rings. The van der Waals surface area contributed by atoms with Crippen LogP contribution in [0.2, 0.25) is 0 Å². The molecular formula is C16H19F3N6O2. The Kier molecular flexibility index (Phi) is 5.74. The average molecular weight is 384 g/mol. The van der Waals surface area contributed by atoms with Crippen molar-refractivity contribution in [1.29, 1.82) is 0 Å². The van der Waals surface area contributed by atoms with Gasteiger partial charge in [-0.15, -0.1) is 0 Å². The molecule has 1 amide bonds. The molecule has 11 heteroatoms. The van der Waals surface area contributed by atoms with Gasteiger partial charge < -0.3 is 10.1 Å². The van der Waals surface area contributed by atoms with Crippen LogP contribution in [0, 0.1) is 0 Å². The van der Waals surface area contributed by atoms with E-state index in [-0.39, 0.29) is 11.6 Å². The Morgan fingerprint density at radius 2 is 1.85 bits per heavy atom. The van der Waals surface area contributed by atoms with Crippen molar-refractivity contribution in [3.63, 3.8) is 0 Å². The summed E-state index contributed by atoms with van der Waals surface area (Å²) in [5.41, 5.74) is 0.926. The molecule has 27 heavy (non-hydrogen) atoms. The Morgan fingerprint density at radius 1 is 1.19 bits per heavy atom. The molecule has 0 bridgehead atoms. The number of nitrogens with two attached hydrogens (primary N) is 1. The van der Waals surface area contributed by atoms with Gasteiger partial charge >= 0.3 is 12.3 Å². The SMILES string of the molecule is CC(C)(C)OC(=O)Nc1cccc(Nc2nc(NN)ncc2C(F)(F)F)c1. The molecule has 146 valence electrons. The number of hydrogen-bond donors (Lipinski definition) is 4. The fourth-order valence-electron chi connectivity index (χ4n) is 1.99. The van der Waals surface area contributed by atoms with Gasteiger partial charge in [0.1, 0.15) is 17.0 Å². The molecule has 0 radical (unpaired) electrons. The van der Waals surface area contributed by atoms with E-state index >= 15 is 0 Å². The second-order valence-electron chi connectivity index (χ2n) is 6.43. The summed E-state index contributed by atoms with van der Waals surface area (Å²) in [5.74, 6) is 4.48. The Labute approximate surface area is 153 Å². The Hall–Kier alpha value is -3.08. The molecule has 2 rings (SSSR count). The van der Waals surface area contributed by atoms with Crippen molar-refractivity contribution in [2.24, 2.45) is 5.84 Å². The molecule has 0 saturated heterocycles. The molecule has 8 nitrogen and oxygen atoms in total. The van der Waals surface area contributed by atoms with Gasteiger partial charge in [-0.25, -0.2) is 15.6 Å². The lowest BCUT2D eigenvalue weighted by Crippen LogP contribution is -2.27. The van der Waals surface area contributed by atoms with Crippen LogP contribution >= 0.6 is 0 Å². The number of alkyl halides is 3. The van der Waals surface area contributed by atoms with Crippen LogP contribution in [-0.4, -0.2) is 21.7 Å². The van der Waals surface area contributed by atoms with E-state index in [1.54, 1.807) is 32.9 Å². The number of aromatic nitrogens is 2. The highest BCUT2D eigenvalue weighted by Crippen LogP contribution is 2.35. The van der Waals surface area contributed by atoms with Gasteiger partial charge in [0, 0.05) is 17.6 Å². The molecule has 5 N–H and O–H groups in total. The van der Waals surface area contributed by atoms with E-state index < -0.39 is 29.3 Å².